The van der Waals surface area contributed by atoms with Crippen molar-refractivity contribution < 1.29 is 4.74 Å². The first-order valence-electron chi connectivity index (χ1n) is 5.72. The summed E-state index contributed by atoms with van der Waals surface area (Å²) in [4.78, 5) is 6.61. The van der Waals surface area contributed by atoms with Crippen molar-refractivity contribution in [2.24, 2.45) is 10.9 Å². The van der Waals surface area contributed by atoms with Gasteiger partial charge in [-0.2, -0.15) is 0 Å². The second kappa shape index (κ2) is 6.67. The maximum Gasteiger partial charge on any atom is 0.193 e. The molecule has 4 nitrogen and oxygen atoms in total. The lowest BCUT2D eigenvalue weighted by molar-refractivity contribution is 0.201. The Morgan fingerprint density at radius 2 is 2.13 bits per heavy atom. The van der Waals surface area contributed by atoms with Gasteiger partial charge in [0.1, 0.15) is 0 Å². The Labute approximate surface area is 92.7 Å². The molecule has 0 amide bonds. The number of nitrogens with one attached hydrogen (secondary N) is 1. The maximum atomic E-state index is 5.01. The van der Waals surface area contributed by atoms with Crippen LogP contribution in [0.5, 0.6) is 0 Å². The highest BCUT2D eigenvalue weighted by molar-refractivity contribution is 5.79. The van der Waals surface area contributed by atoms with Gasteiger partial charge in [0.25, 0.3) is 0 Å². The zero-order valence-electron chi connectivity index (χ0n) is 10.1. The van der Waals surface area contributed by atoms with Crippen molar-refractivity contribution in [3.05, 3.63) is 0 Å². The van der Waals surface area contributed by atoms with E-state index in [-0.39, 0.29) is 0 Å². The van der Waals surface area contributed by atoms with E-state index >= 15 is 0 Å². The minimum atomic E-state index is 0.725. The topological polar surface area (TPSA) is 36.9 Å². The predicted molar refractivity (Wildman–Crippen MR) is 63.2 cm³/mol. The number of piperidine rings is 1. The van der Waals surface area contributed by atoms with Gasteiger partial charge in [0, 0.05) is 33.8 Å². The number of hydrogen-bond donors (Lipinski definition) is 1. The van der Waals surface area contributed by atoms with Crippen LogP contribution in [0.2, 0.25) is 0 Å². The lowest BCUT2D eigenvalue weighted by Crippen LogP contribution is -2.46. The quantitative estimate of drug-likeness (QED) is 0.431. The van der Waals surface area contributed by atoms with Crippen molar-refractivity contribution in [1.29, 1.82) is 0 Å². The Hall–Kier alpha value is -0.770. The van der Waals surface area contributed by atoms with Gasteiger partial charge in [-0.3, -0.25) is 4.99 Å². The smallest absolute Gasteiger partial charge is 0.193 e. The Morgan fingerprint density at radius 1 is 1.47 bits per heavy atom. The molecule has 0 aromatic rings. The lowest BCUT2D eigenvalue weighted by atomic mass is 10.00. The van der Waals surface area contributed by atoms with Gasteiger partial charge < -0.3 is 15.0 Å². The van der Waals surface area contributed by atoms with Gasteiger partial charge in [-0.05, 0) is 18.8 Å². The van der Waals surface area contributed by atoms with Crippen LogP contribution in [0.3, 0.4) is 0 Å². The van der Waals surface area contributed by atoms with Crippen molar-refractivity contribution >= 4 is 5.96 Å². The molecule has 0 bridgehead atoms. The highest BCUT2D eigenvalue weighted by Gasteiger charge is 2.17. The Balaban J connectivity index is 2.32. The summed E-state index contributed by atoms with van der Waals surface area (Å²) in [7, 11) is 3.56. The monoisotopic (exact) mass is 213 g/mol. The van der Waals surface area contributed by atoms with Crippen LogP contribution in [0.4, 0.5) is 0 Å². The molecule has 0 unspecified atom stereocenters. The number of guanidine groups is 1. The van der Waals surface area contributed by atoms with Gasteiger partial charge >= 0.3 is 0 Å². The summed E-state index contributed by atoms with van der Waals surface area (Å²) >= 11 is 0. The van der Waals surface area contributed by atoms with Gasteiger partial charge in [-0.1, -0.05) is 6.92 Å². The molecule has 1 aliphatic heterocycles. The molecule has 1 heterocycles. The Kier molecular flexibility index (Phi) is 5.47. The SMILES string of the molecule is CN=C(NCCOC)N1CCC(C)CC1. The van der Waals surface area contributed by atoms with E-state index in [4.69, 9.17) is 4.74 Å². The third kappa shape index (κ3) is 4.08. The second-order valence-corrected chi connectivity index (χ2v) is 4.14. The van der Waals surface area contributed by atoms with E-state index in [1.54, 1.807) is 7.11 Å². The summed E-state index contributed by atoms with van der Waals surface area (Å²) in [6.45, 7) is 6.11. The Morgan fingerprint density at radius 3 is 2.67 bits per heavy atom. The number of hydrogen-bond acceptors (Lipinski definition) is 2. The van der Waals surface area contributed by atoms with E-state index in [0.29, 0.717) is 0 Å². The first-order valence-corrected chi connectivity index (χ1v) is 5.72. The molecule has 0 aromatic heterocycles. The van der Waals surface area contributed by atoms with Crippen molar-refractivity contribution in [2.75, 3.05) is 40.4 Å². The van der Waals surface area contributed by atoms with E-state index in [0.717, 1.165) is 38.1 Å². The number of nitrogens with zero attached hydrogens (tertiary/aromatic N) is 2. The summed E-state index contributed by atoms with van der Waals surface area (Å²) in [5, 5.41) is 3.31. The number of rotatable bonds is 3. The van der Waals surface area contributed by atoms with Crippen molar-refractivity contribution in [3.63, 3.8) is 0 Å². The highest BCUT2D eigenvalue weighted by atomic mass is 16.5. The van der Waals surface area contributed by atoms with Gasteiger partial charge in [0.15, 0.2) is 5.96 Å². The van der Waals surface area contributed by atoms with Gasteiger partial charge in [-0.25, -0.2) is 0 Å². The minimum Gasteiger partial charge on any atom is -0.383 e. The predicted octanol–water partition coefficient (Wildman–Crippen LogP) is 0.940. The third-order valence-electron chi connectivity index (χ3n) is 2.88. The van der Waals surface area contributed by atoms with Crippen molar-refractivity contribution in [1.82, 2.24) is 10.2 Å². The molecule has 1 rings (SSSR count). The number of aliphatic imine (C=N–C) groups is 1. The van der Waals surface area contributed by atoms with E-state index in [1.807, 2.05) is 7.05 Å². The molecular formula is C11H23N3O. The van der Waals surface area contributed by atoms with Crippen LogP contribution in [0.1, 0.15) is 19.8 Å². The molecule has 15 heavy (non-hydrogen) atoms. The van der Waals surface area contributed by atoms with Gasteiger partial charge in [0.05, 0.1) is 6.61 Å². The molecule has 0 aliphatic carbocycles. The van der Waals surface area contributed by atoms with Crippen molar-refractivity contribution in [2.45, 2.75) is 19.8 Å². The van der Waals surface area contributed by atoms with Crippen LogP contribution in [-0.4, -0.2) is 51.3 Å². The summed E-state index contributed by atoms with van der Waals surface area (Å²) in [6.07, 6.45) is 2.54. The van der Waals surface area contributed by atoms with E-state index in [9.17, 15) is 0 Å². The molecule has 0 spiro atoms. The molecule has 0 radical (unpaired) electrons. The summed E-state index contributed by atoms with van der Waals surface area (Å²) in [5.74, 6) is 1.87. The fourth-order valence-corrected chi connectivity index (χ4v) is 1.82. The van der Waals surface area contributed by atoms with Crippen LogP contribution in [-0.2, 0) is 4.74 Å². The van der Waals surface area contributed by atoms with Gasteiger partial charge in [0.2, 0.25) is 0 Å². The zero-order chi connectivity index (χ0) is 11.1. The third-order valence-corrected chi connectivity index (χ3v) is 2.88. The molecule has 1 saturated heterocycles. The first kappa shape index (κ1) is 12.3. The zero-order valence-corrected chi connectivity index (χ0v) is 10.1. The van der Waals surface area contributed by atoms with Crippen LogP contribution < -0.4 is 5.32 Å². The average Bonchev–Trinajstić information content (AvgIpc) is 2.26. The van der Waals surface area contributed by atoms with E-state index in [1.165, 1.54) is 12.8 Å². The summed E-state index contributed by atoms with van der Waals surface area (Å²) < 4.78 is 5.01. The standard InChI is InChI=1S/C11H23N3O/c1-10-4-7-14(8-5-10)11(12-2)13-6-9-15-3/h10H,4-9H2,1-3H3,(H,12,13). The number of ether oxygens (including phenoxy) is 1. The molecule has 1 aliphatic rings. The molecule has 0 aromatic carbocycles. The second-order valence-electron chi connectivity index (χ2n) is 4.14. The fourth-order valence-electron chi connectivity index (χ4n) is 1.82. The van der Waals surface area contributed by atoms with Crippen LogP contribution in [0.25, 0.3) is 0 Å². The van der Waals surface area contributed by atoms with E-state index < -0.39 is 0 Å². The summed E-state index contributed by atoms with van der Waals surface area (Å²) in [6, 6.07) is 0. The minimum absolute atomic E-state index is 0.725. The normalized spacial score (nSPS) is 19.4. The van der Waals surface area contributed by atoms with Crippen molar-refractivity contribution in [3.8, 4) is 0 Å². The summed E-state index contributed by atoms with van der Waals surface area (Å²) in [5.41, 5.74) is 0. The van der Waals surface area contributed by atoms with Crippen LogP contribution in [0.15, 0.2) is 4.99 Å². The molecule has 1 N–H and O–H groups in total. The molecule has 88 valence electrons. The van der Waals surface area contributed by atoms with Crippen LogP contribution >= 0.6 is 0 Å². The molecule has 1 fully saturated rings. The molecule has 4 heteroatoms. The van der Waals surface area contributed by atoms with Crippen LogP contribution in [0, 0.1) is 5.92 Å². The number of likely N-dealkylation sites (tertiary alicyclic amines) is 1. The lowest BCUT2D eigenvalue weighted by Gasteiger charge is -2.32. The molecular weight excluding hydrogens is 190 g/mol. The fraction of sp³-hybridized carbons (Fsp3) is 0.909. The highest BCUT2D eigenvalue weighted by Crippen LogP contribution is 2.15. The van der Waals surface area contributed by atoms with Gasteiger partial charge in [-0.15, -0.1) is 0 Å². The van der Waals surface area contributed by atoms with E-state index in [2.05, 4.69) is 22.1 Å². The molecule has 0 saturated carbocycles. The largest absolute Gasteiger partial charge is 0.383 e. The number of methoxy groups -OCH3 is 1. The maximum absolute atomic E-state index is 5.01. The first-order chi connectivity index (χ1) is 7.27. The molecule has 0 atom stereocenters. The average molecular weight is 213 g/mol. The Bertz CT molecular complexity index is 198.